The molecule has 0 aromatic heterocycles. The molecule has 2 rings (SSSR count). The fourth-order valence-corrected chi connectivity index (χ4v) is 3.18. The van der Waals surface area contributed by atoms with Crippen LogP contribution in [0.5, 0.6) is 0 Å². The largest absolute Gasteiger partial charge is 0.369 e. The van der Waals surface area contributed by atoms with Gasteiger partial charge in [0.25, 0.3) is 0 Å². The van der Waals surface area contributed by atoms with Crippen molar-refractivity contribution in [1.29, 1.82) is 0 Å². The molecule has 2 nitrogen and oxygen atoms in total. The Kier molecular flexibility index (Phi) is 5.76. The number of aryl methyl sites for hydroxylation is 1. The van der Waals surface area contributed by atoms with Gasteiger partial charge in [0.1, 0.15) is 0 Å². The van der Waals surface area contributed by atoms with Crippen LogP contribution in [0.3, 0.4) is 0 Å². The predicted octanol–water partition coefficient (Wildman–Crippen LogP) is 4.92. The summed E-state index contributed by atoms with van der Waals surface area (Å²) >= 11 is 0. The third kappa shape index (κ3) is 3.57. The van der Waals surface area contributed by atoms with Crippen molar-refractivity contribution in [3.05, 3.63) is 35.2 Å². The summed E-state index contributed by atoms with van der Waals surface area (Å²) in [6.45, 7) is 7.54. The van der Waals surface area contributed by atoms with Crippen LogP contribution in [0.2, 0.25) is 0 Å². The van der Waals surface area contributed by atoms with E-state index in [1.165, 1.54) is 11.3 Å². The second-order valence-electron chi connectivity index (χ2n) is 6.28. The maximum atomic E-state index is 13.9. The van der Waals surface area contributed by atoms with Gasteiger partial charge in [-0.25, -0.2) is 4.39 Å². The minimum Gasteiger partial charge on any atom is -0.369 e. The standard InChI is InChI=1S/C19H26FNO/c1-4-5-8-17(18(20)13-22)15-9-10-19-16(12-15)7-6-11-21(19)14(2)3/h9-10,12-14H,4-8,11H2,1-3H3/b18-17+. The quantitative estimate of drug-likeness (QED) is 0.549. The fraction of sp³-hybridized carbons (Fsp3) is 0.526. The van der Waals surface area contributed by atoms with Crippen molar-refractivity contribution in [2.24, 2.45) is 0 Å². The molecule has 0 aliphatic carbocycles. The van der Waals surface area contributed by atoms with Gasteiger partial charge in [-0.15, -0.1) is 0 Å². The summed E-state index contributed by atoms with van der Waals surface area (Å²) < 4.78 is 13.9. The number of rotatable bonds is 6. The van der Waals surface area contributed by atoms with Crippen molar-refractivity contribution in [2.45, 2.75) is 58.9 Å². The van der Waals surface area contributed by atoms with Gasteiger partial charge in [-0.2, -0.15) is 0 Å². The van der Waals surface area contributed by atoms with Crippen LogP contribution in [0, 0.1) is 0 Å². The monoisotopic (exact) mass is 303 g/mol. The number of unbranched alkanes of at least 4 members (excludes halogenated alkanes) is 1. The highest BCUT2D eigenvalue weighted by Crippen LogP contribution is 2.33. The molecule has 0 bridgehead atoms. The highest BCUT2D eigenvalue weighted by molar-refractivity contribution is 5.86. The summed E-state index contributed by atoms with van der Waals surface area (Å²) in [5, 5.41) is 0. The summed E-state index contributed by atoms with van der Waals surface area (Å²) in [4.78, 5) is 13.3. The van der Waals surface area contributed by atoms with Crippen LogP contribution in [-0.4, -0.2) is 18.9 Å². The molecule has 0 spiro atoms. The van der Waals surface area contributed by atoms with E-state index < -0.39 is 5.83 Å². The summed E-state index contributed by atoms with van der Waals surface area (Å²) in [5.41, 5.74) is 3.94. The first-order valence-corrected chi connectivity index (χ1v) is 8.32. The van der Waals surface area contributed by atoms with E-state index in [9.17, 15) is 9.18 Å². The second kappa shape index (κ2) is 7.57. The number of benzene rings is 1. The number of nitrogens with zero attached hydrogens (tertiary/aromatic N) is 1. The minimum absolute atomic E-state index is 0.338. The number of carbonyl (C=O) groups is 1. The van der Waals surface area contributed by atoms with Crippen molar-refractivity contribution in [3.63, 3.8) is 0 Å². The van der Waals surface area contributed by atoms with Crippen LogP contribution in [0.15, 0.2) is 24.0 Å². The molecule has 0 amide bonds. The highest BCUT2D eigenvalue weighted by atomic mass is 19.1. The molecular weight excluding hydrogens is 277 g/mol. The molecule has 1 aliphatic rings. The number of carbonyl (C=O) groups excluding carboxylic acids is 1. The molecule has 0 fully saturated rings. The van der Waals surface area contributed by atoms with Crippen LogP contribution in [-0.2, 0) is 11.2 Å². The molecule has 0 saturated carbocycles. The van der Waals surface area contributed by atoms with Gasteiger partial charge in [-0.3, -0.25) is 4.79 Å². The molecule has 1 aromatic rings. The van der Waals surface area contributed by atoms with Gasteiger partial charge >= 0.3 is 0 Å². The van der Waals surface area contributed by atoms with E-state index in [1.54, 1.807) is 0 Å². The summed E-state index contributed by atoms with van der Waals surface area (Å²) in [7, 11) is 0. The Morgan fingerprint density at radius 3 is 2.82 bits per heavy atom. The fourth-order valence-electron chi connectivity index (χ4n) is 3.18. The smallest absolute Gasteiger partial charge is 0.178 e. The SMILES string of the molecule is CCCC/C(=C(\F)C=O)c1ccc2c(c1)CCCN2C(C)C. The van der Waals surface area contributed by atoms with Crippen LogP contribution in [0.25, 0.3) is 5.57 Å². The Labute approximate surface area is 133 Å². The second-order valence-corrected chi connectivity index (χ2v) is 6.28. The minimum atomic E-state index is -0.620. The average Bonchev–Trinajstić information content (AvgIpc) is 2.53. The zero-order chi connectivity index (χ0) is 16.1. The van der Waals surface area contributed by atoms with E-state index in [4.69, 9.17) is 0 Å². The zero-order valence-electron chi connectivity index (χ0n) is 13.9. The molecule has 0 N–H and O–H groups in total. The molecule has 1 heterocycles. The molecule has 3 heteroatoms. The molecule has 0 radical (unpaired) electrons. The lowest BCUT2D eigenvalue weighted by Crippen LogP contribution is -2.35. The lowest BCUT2D eigenvalue weighted by Gasteiger charge is -2.35. The Morgan fingerprint density at radius 1 is 1.41 bits per heavy atom. The van der Waals surface area contributed by atoms with Crippen molar-refractivity contribution < 1.29 is 9.18 Å². The average molecular weight is 303 g/mol. The third-order valence-electron chi connectivity index (χ3n) is 4.38. The van der Waals surface area contributed by atoms with Crippen LogP contribution >= 0.6 is 0 Å². The maximum Gasteiger partial charge on any atom is 0.178 e. The van der Waals surface area contributed by atoms with Crippen LogP contribution in [0.1, 0.15) is 57.6 Å². The van der Waals surface area contributed by atoms with Crippen molar-refractivity contribution in [2.75, 3.05) is 11.4 Å². The van der Waals surface area contributed by atoms with E-state index in [0.29, 0.717) is 24.3 Å². The Balaban J connectivity index is 2.39. The number of fused-ring (bicyclic) bond motifs is 1. The normalized spacial score (nSPS) is 15.6. The van der Waals surface area contributed by atoms with E-state index in [-0.39, 0.29) is 0 Å². The van der Waals surface area contributed by atoms with Gasteiger partial charge in [0.05, 0.1) is 0 Å². The number of aldehydes is 1. The lowest BCUT2D eigenvalue weighted by atomic mass is 9.93. The van der Waals surface area contributed by atoms with E-state index in [1.807, 2.05) is 6.07 Å². The molecule has 0 saturated heterocycles. The summed E-state index contributed by atoms with van der Waals surface area (Å²) in [5.74, 6) is -0.620. The molecular formula is C19H26FNO. The first kappa shape index (κ1) is 16.7. The highest BCUT2D eigenvalue weighted by Gasteiger charge is 2.20. The summed E-state index contributed by atoms with van der Waals surface area (Å²) in [6, 6.07) is 6.60. The van der Waals surface area contributed by atoms with Crippen molar-refractivity contribution >= 4 is 17.5 Å². The van der Waals surface area contributed by atoms with Gasteiger partial charge in [0.15, 0.2) is 12.1 Å². The maximum absolute atomic E-state index is 13.9. The van der Waals surface area contributed by atoms with Gasteiger partial charge < -0.3 is 4.90 Å². The third-order valence-corrected chi connectivity index (χ3v) is 4.38. The Hall–Kier alpha value is -1.64. The van der Waals surface area contributed by atoms with Gasteiger partial charge in [0, 0.05) is 18.3 Å². The van der Waals surface area contributed by atoms with E-state index in [0.717, 1.165) is 37.8 Å². The number of anilines is 1. The molecule has 0 unspecified atom stereocenters. The number of hydrogen-bond donors (Lipinski definition) is 0. The Bertz CT molecular complexity index is 563. The van der Waals surface area contributed by atoms with E-state index in [2.05, 4.69) is 37.8 Å². The predicted molar refractivity (Wildman–Crippen MR) is 90.9 cm³/mol. The van der Waals surface area contributed by atoms with Crippen LogP contribution in [0.4, 0.5) is 10.1 Å². The van der Waals surface area contributed by atoms with Gasteiger partial charge in [0.2, 0.25) is 0 Å². The summed E-state index contributed by atoms with van der Waals surface area (Å²) in [6.07, 6.45) is 4.99. The number of halogens is 1. The van der Waals surface area contributed by atoms with Gasteiger partial charge in [-0.1, -0.05) is 19.4 Å². The first-order chi connectivity index (χ1) is 10.6. The molecule has 22 heavy (non-hydrogen) atoms. The lowest BCUT2D eigenvalue weighted by molar-refractivity contribution is -0.106. The van der Waals surface area contributed by atoms with Crippen molar-refractivity contribution in [1.82, 2.24) is 0 Å². The van der Waals surface area contributed by atoms with Gasteiger partial charge in [-0.05, 0) is 68.4 Å². The Morgan fingerprint density at radius 2 is 2.18 bits per heavy atom. The molecule has 120 valence electrons. The number of hydrogen-bond acceptors (Lipinski definition) is 2. The zero-order valence-corrected chi connectivity index (χ0v) is 13.9. The topological polar surface area (TPSA) is 20.3 Å². The van der Waals surface area contributed by atoms with Crippen LogP contribution < -0.4 is 4.90 Å². The molecule has 1 aliphatic heterocycles. The molecule has 1 aromatic carbocycles. The van der Waals surface area contributed by atoms with Crippen molar-refractivity contribution in [3.8, 4) is 0 Å². The van der Waals surface area contributed by atoms with E-state index >= 15 is 0 Å². The first-order valence-electron chi connectivity index (χ1n) is 8.32. The number of allylic oxidation sites excluding steroid dienone is 2. The molecule has 0 atom stereocenters.